The lowest BCUT2D eigenvalue weighted by atomic mass is 9.89. The van der Waals surface area contributed by atoms with Gasteiger partial charge in [0.2, 0.25) is 5.28 Å². The molecular formula is C20H22ClN3S. The maximum atomic E-state index is 6.19. The van der Waals surface area contributed by atoms with Gasteiger partial charge in [-0.3, -0.25) is 0 Å². The largest absolute Gasteiger partial charge is 0.340 e. The van der Waals surface area contributed by atoms with E-state index in [0.717, 1.165) is 40.5 Å². The molecule has 0 saturated heterocycles. The Morgan fingerprint density at radius 2 is 1.96 bits per heavy atom. The number of anilines is 2. The molecule has 3 aromatic rings. The fourth-order valence-electron chi connectivity index (χ4n) is 3.49. The Balaban J connectivity index is 1.76. The summed E-state index contributed by atoms with van der Waals surface area (Å²) in [5, 5.41) is 4.94. The van der Waals surface area contributed by atoms with Crippen LogP contribution in [0.3, 0.4) is 0 Å². The highest BCUT2D eigenvalue weighted by Crippen LogP contribution is 2.41. The Hall–Kier alpha value is -1.65. The van der Waals surface area contributed by atoms with Gasteiger partial charge in [-0.1, -0.05) is 32.9 Å². The van der Waals surface area contributed by atoms with E-state index in [1.807, 2.05) is 0 Å². The van der Waals surface area contributed by atoms with Gasteiger partial charge >= 0.3 is 0 Å². The average molecular weight is 372 g/mol. The first-order valence-electron chi connectivity index (χ1n) is 8.86. The monoisotopic (exact) mass is 371 g/mol. The number of aryl methyl sites for hydroxylation is 1. The standard InChI is InChI=1S/C20H22ClN3S/c1-11(2)13-5-7-14(8-6-13)22-18-17-15-9-4-12(3)10-16(15)25-19(17)24-20(21)23-18/h5-8,11-12H,4,9-10H2,1-3H3,(H,22,23,24). The molecule has 0 aliphatic heterocycles. The van der Waals surface area contributed by atoms with Crippen molar-refractivity contribution in [3.05, 3.63) is 45.6 Å². The van der Waals surface area contributed by atoms with Gasteiger partial charge < -0.3 is 5.32 Å². The first kappa shape index (κ1) is 16.8. The lowest BCUT2D eigenvalue weighted by molar-refractivity contribution is 0.509. The summed E-state index contributed by atoms with van der Waals surface area (Å²) in [6, 6.07) is 8.55. The van der Waals surface area contributed by atoms with Gasteiger partial charge in [-0.05, 0) is 66.0 Å². The number of thiophene rings is 1. The van der Waals surface area contributed by atoms with Crippen molar-refractivity contribution in [1.29, 1.82) is 0 Å². The molecule has 1 aromatic carbocycles. The number of fused-ring (bicyclic) bond motifs is 3. The first-order valence-corrected chi connectivity index (χ1v) is 10.1. The Bertz CT molecular complexity index is 915. The van der Waals surface area contributed by atoms with E-state index in [2.05, 4.69) is 60.3 Å². The van der Waals surface area contributed by atoms with E-state index in [-0.39, 0.29) is 0 Å². The first-order chi connectivity index (χ1) is 12.0. The molecule has 5 heteroatoms. The van der Waals surface area contributed by atoms with E-state index in [9.17, 15) is 0 Å². The van der Waals surface area contributed by atoms with E-state index in [1.165, 1.54) is 22.4 Å². The summed E-state index contributed by atoms with van der Waals surface area (Å²) in [5.74, 6) is 2.10. The lowest BCUT2D eigenvalue weighted by Crippen LogP contribution is -2.09. The molecule has 1 atom stereocenters. The van der Waals surface area contributed by atoms with Crippen molar-refractivity contribution in [1.82, 2.24) is 9.97 Å². The summed E-state index contributed by atoms with van der Waals surface area (Å²) < 4.78 is 0. The van der Waals surface area contributed by atoms with Crippen molar-refractivity contribution >= 4 is 44.7 Å². The van der Waals surface area contributed by atoms with Crippen LogP contribution in [0, 0.1) is 5.92 Å². The molecule has 1 unspecified atom stereocenters. The number of benzene rings is 1. The van der Waals surface area contributed by atoms with Crippen LogP contribution in [0.25, 0.3) is 10.2 Å². The zero-order valence-electron chi connectivity index (χ0n) is 14.8. The van der Waals surface area contributed by atoms with Crippen LogP contribution in [0.2, 0.25) is 5.28 Å². The number of hydrogen-bond acceptors (Lipinski definition) is 4. The SMILES string of the molecule is CC1CCc2c(sc3nc(Cl)nc(Nc4ccc(C(C)C)cc4)c23)C1. The average Bonchev–Trinajstić information content (AvgIpc) is 2.92. The van der Waals surface area contributed by atoms with Gasteiger partial charge in [0.25, 0.3) is 0 Å². The van der Waals surface area contributed by atoms with Crippen LogP contribution in [-0.4, -0.2) is 9.97 Å². The van der Waals surface area contributed by atoms with Gasteiger partial charge in [0.15, 0.2) is 0 Å². The van der Waals surface area contributed by atoms with E-state index in [1.54, 1.807) is 11.3 Å². The van der Waals surface area contributed by atoms with Gasteiger partial charge in [0.05, 0.1) is 5.39 Å². The maximum absolute atomic E-state index is 6.19. The number of nitrogens with one attached hydrogen (secondary N) is 1. The van der Waals surface area contributed by atoms with E-state index < -0.39 is 0 Å². The Kier molecular flexibility index (Phi) is 4.42. The zero-order valence-corrected chi connectivity index (χ0v) is 16.3. The van der Waals surface area contributed by atoms with Gasteiger partial charge in [-0.2, -0.15) is 4.98 Å². The van der Waals surface area contributed by atoms with Crippen molar-refractivity contribution in [3.63, 3.8) is 0 Å². The van der Waals surface area contributed by atoms with Crippen LogP contribution in [0.5, 0.6) is 0 Å². The van der Waals surface area contributed by atoms with Crippen molar-refractivity contribution in [2.45, 2.75) is 46.0 Å². The highest BCUT2D eigenvalue weighted by molar-refractivity contribution is 7.19. The fraction of sp³-hybridized carbons (Fsp3) is 0.400. The van der Waals surface area contributed by atoms with Gasteiger partial charge in [-0.25, -0.2) is 4.98 Å². The Morgan fingerprint density at radius 1 is 1.20 bits per heavy atom. The predicted octanol–water partition coefficient (Wildman–Crippen LogP) is 6.34. The summed E-state index contributed by atoms with van der Waals surface area (Å²) >= 11 is 7.97. The molecule has 0 spiro atoms. The van der Waals surface area contributed by atoms with Crippen molar-refractivity contribution in [2.24, 2.45) is 5.92 Å². The molecule has 1 aliphatic carbocycles. The summed E-state index contributed by atoms with van der Waals surface area (Å²) in [6.07, 6.45) is 3.46. The topological polar surface area (TPSA) is 37.8 Å². The number of rotatable bonds is 3. The molecule has 1 N–H and O–H groups in total. The van der Waals surface area contributed by atoms with Crippen molar-refractivity contribution in [2.75, 3.05) is 5.32 Å². The van der Waals surface area contributed by atoms with Gasteiger partial charge in [0.1, 0.15) is 10.6 Å². The number of nitrogens with zero attached hydrogens (tertiary/aromatic N) is 2. The molecular weight excluding hydrogens is 350 g/mol. The smallest absolute Gasteiger partial charge is 0.225 e. The molecule has 0 bridgehead atoms. The highest BCUT2D eigenvalue weighted by Gasteiger charge is 2.23. The van der Waals surface area contributed by atoms with Gasteiger partial charge in [-0.15, -0.1) is 11.3 Å². The second-order valence-electron chi connectivity index (χ2n) is 7.27. The van der Waals surface area contributed by atoms with Gasteiger partial charge in [0, 0.05) is 10.6 Å². The van der Waals surface area contributed by atoms with Crippen LogP contribution >= 0.6 is 22.9 Å². The zero-order chi connectivity index (χ0) is 17.6. The molecule has 1 aliphatic rings. The number of aromatic nitrogens is 2. The van der Waals surface area contributed by atoms with Crippen LogP contribution in [0.15, 0.2) is 24.3 Å². The molecule has 130 valence electrons. The molecule has 25 heavy (non-hydrogen) atoms. The summed E-state index contributed by atoms with van der Waals surface area (Å²) in [7, 11) is 0. The summed E-state index contributed by atoms with van der Waals surface area (Å²) in [6.45, 7) is 6.73. The van der Waals surface area contributed by atoms with Crippen LogP contribution < -0.4 is 5.32 Å². The van der Waals surface area contributed by atoms with Crippen molar-refractivity contribution < 1.29 is 0 Å². The number of hydrogen-bond donors (Lipinski definition) is 1. The van der Waals surface area contributed by atoms with Crippen LogP contribution in [0.1, 0.15) is 49.1 Å². The minimum Gasteiger partial charge on any atom is -0.340 e. The minimum absolute atomic E-state index is 0.306. The normalized spacial score (nSPS) is 17.1. The molecule has 0 saturated carbocycles. The third-order valence-corrected chi connectivity index (χ3v) is 6.29. The quantitative estimate of drug-likeness (QED) is 0.546. The third kappa shape index (κ3) is 3.25. The Morgan fingerprint density at radius 3 is 2.68 bits per heavy atom. The number of halogens is 1. The summed E-state index contributed by atoms with van der Waals surface area (Å²) in [4.78, 5) is 11.4. The molecule has 3 nitrogen and oxygen atoms in total. The maximum Gasteiger partial charge on any atom is 0.225 e. The fourth-order valence-corrected chi connectivity index (χ4v) is 5.10. The van der Waals surface area contributed by atoms with Crippen LogP contribution in [0.4, 0.5) is 11.5 Å². The molecule has 0 radical (unpaired) electrons. The lowest BCUT2D eigenvalue weighted by Gasteiger charge is -2.18. The third-order valence-electron chi connectivity index (χ3n) is 4.97. The highest BCUT2D eigenvalue weighted by atomic mass is 35.5. The predicted molar refractivity (Wildman–Crippen MR) is 107 cm³/mol. The van der Waals surface area contributed by atoms with Crippen molar-refractivity contribution in [3.8, 4) is 0 Å². The van der Waals surface area contributed by atoms with E-state index in [4.69, 9.17) is 11.6 Å². The molecule has 4 rings (SSSR count). The second-order valence-corrected chi connectivity index (χ2v) is 8.70. The molecule has 2 aromatic heterocycles. The van der Waals surface area contributed by atoms with Crippen LogP contribution in [-0.2, 0) is 12.8 Å². The minimum atomic E-state index is 0.306. The molecule has 0 fully saturated rings. The molecule has 2 heterocycles. The van der Waals surface area contributed by atoms with E-state index in [0.29, 0.717) is 11.2 Å². The second kappa shape index (κ2) is 6.58. The molecule has 0 amide bonds. The van der Waals surface area contributed by atoms with E-state index >= 15 is 0 Å². The summed E-state index contributed by atoms with van der Waals surface area (Å²) in [5.41, 5.74) is 3.78. The Labute approximate surface area is 157 Å².